The molecule has 21 heavy (non-hydrogen) atoms. The molecular weight excluding hydrogens is 264 g/mol. The third kappa shape index (κ3) is 2.13. The summed E-state index contributed by atoms with van der Waals surface area (Å²) in [6, 6.07) is 12.3. The van der Waals surface area contributed by atoms with Crippen molar-refractivity contribution >= 4 is 17.0 Å². The molecule has 0 aliphatic carbocycles. The van der Waals surface area contributed by atoms with E-state index in [4.69, 9.17) is 4.42 Å². The highest BCUT2D eigenvalue weighted by Gasteiger charge is 2.16. The highest BCUT2D eigenvalue weighted by molar-refractivity contribution is 5.89. The molecule has 3 rings (SSSR count). The van der Waals surface area contributed by atoms with Crippen molar-refractivity contribution < 1.29 is 9.52 Å². The molecule has 0 atom stereocenters. The summed E-state index contributed by atoms with van der Waals surface area (Å²) in [5.41, 5.74) is 2.36. The molecule has 0 saturated carbocycles. The van der Waals surface area contributed by atoms with E-state index in [1.807, 2.05) is 31.2 Å². The normalized spacial score (nSPS) is 10.7. The van der Waals surface area contributed by atoms with E-state index in [-0.39, 0.29) is 16.6 Å². The number of fused-ring (bicyclic) bond motifs is 1. The van der Waals surface area contributed by atoms with Gasteiger partial charge in [-0.3, -0.25) is 4.79 Å². The topological polar surface area (TPSA) is 50.4 Å². The van der Waals surface area contributed by atoms with Crippen LogP contribution >= 0.6 is 0 Å². The summed E-state index contributed by atoms with van der Waals surface area (Å²) in [4.78, 5) is 12.7. The summed E-state index contributed by atoms with van der Waals surface area (Å²) in [5.74, 6) is 0.326. The van der Waals surface area contributed by atoms with Crippen molar-refractivity contribution in [3.63, 3.8) is 0 Å². The van der Waals surface area contributed by atoms with Crippen molar-refractivity contribution in [2.45, 2.75) is 6.92 Å². The van der Waals surface area contributed by atoms with Gasteiger partial charge in [-0.25, -0.2) is 0 Å². The first-order valence-electron chi connectivity index (χ1n) is 6.60. The zero-order valence-corrected chi connectivity index (χ0v) is 11.6. The highest BCUT2D eigenvalue weighted by atomic mass is 16.3. The number of aryl methyl sites for hydroxylation is 1. The van der Waals surface area contributed by atoms with Crippen molar-refractivity contribution in [2.75, 3.05) is 0 Å². The van der Waals surface area contributed by atoms with Gasteiger partial charge in [0.1, 0.15) is 22.5 Å². The monoisotopic (exact) mass is 278 g/mol. The zero-order chi connectivity index (χ0) is 15.0. The van der Waals surface area contributed by atoms with Crippen LogP contribution in [0.2, 0.25) is 0 Å². The highest BCUT2D eigenvalue weighted by Crippen LogP contribution is 2.29. The molecule has 0 bridgehead atoms. The number of phenols is 1. The summed E-state index contributed by atoms with van der Waals surface area (Å²) in [6.45, 7) is 5.69. The number of hydrogen-bond acceptors (Lipinski definition) is 3. The molecule has 0 spiro atoms. The van der Waals surface area contributed by atoms with Gasteiger partial charge in [-0.05, 0) is 30.7 Å². The molecule has 1 N–H and O–H groups in total. The maximum atomic E-state index is 12.7. The minimum absolute atomic E-state index is 0.0785. The molecule has 3 heteroatoms. The molecule has 0 aliphatic heterocycles. The van der Waals surface area contributed by atoms with E-state index in [9.17, 15) is 9.90 Å². The molecule has 2 aromatic carbocycles. The molecule has 1 aromatic heterocycles. The Balaban J connectivity index is 2.43. The van der Waals surface area contributed by atoms with Crippen molar-refractivity contribution in [3.05, 3.63) is 70.6 Å². The molecule has 3 nitrogen and oxygen atoms in total. The molecule has 0 fully saturated rings. The van der Waals surface area contributed by atoms with Crippen LogP contribution < -0.4 is 5.43 Å². The van der Waals surface area contributed by atoms with Gasteiger partial charge < -0.3 is 9.52 Å². The standard InChI is InChI=1S/C18H14O3/c1-3-14-16(12-9-7-11(2)8-10-12)18(20)17-13(19)5-4-6-15(17)21-14/h3-10,19H,1H2,2H3. The second-order valence-electron chi connectivity index (χ2n) is 4.89. The Hall–Kier alpha value is -2.81. The average molecular weight is 278 g/mol. The van der Waals surface area contributed by atoms with E-state index in [0.717, 1.165) is 11.1 Å². The first kappa shape index (κ1) is 13.2. The van der Waals surface area contributed by atoms with Crippen LogP contribution in [0, 0.1) is 6.92 Å². The lowest BCUT2D eigenvalue weighted by atomic mass is 10.0. The lowest BCUT2D eigenvalue weighted by Crippen LogP contribution is -2.07. The predicted molar refractivity (Wildman–Crippen MR) is 84.4 cm³/mol. The number of rotatable bonds is 2. The Labute approximate surface area is 121 Å². The maximum absolute atomic E-state index is 12.7. The molecule has 0 amide bonds. The minimum Gasteiger partial charge on any atom is -0.507 e. The van der Waals surface area contributed by atoms with Crippen molar-refractivity contribution in [1.82, 2.24) is 0 Å². The number of benzene rings is 2. The Bertz CT molecular complexity index is 887. The number of phenolic OH excluding ortho intramolecular Hbond substituents is 1. The van der Waals surface area contributed by atoms with E-state index in [0.29, 0.717) is 16.9 Å². The Kier molecular flexibility index (Phi) is 3.10. The number of hydrogen-bond donors (Lipinski definition) is 1. The summed E-state index contributed by atoms with van der Waals surface area (Å²) in [6.07, 6.45) is 1.51. The van der Waals surface area contributed by atoms with E-state index >= 15 is 0 Å². The zero-order valence-electron chi connectivity index (χ0n) is 11.6. The predicted octanol–water partition coefficient (Wildman–Crippen LogP) is 4.12. The van der Waals surface area contributed by atoms with Gasteiger partial charge in [0.2, 0.25) is 5.43 Å². The van der Waals surface area contributed by atoms with Crippen LogP contribution in [0.25, 0.3) is 28.2 Å². The Morgan fingerprint density at radius 1 is 1.14 bits per heavy atom. The molecule has 0 saturated heterocycles. The van der Waals surface area contributed by atoms with E-state index in [1.165, 1.54) is 12.1 Å². The van der Waals surface area contributed by atoms with Gasteiger partial charge in [0.25, 0.3) is 0 Å². The van der Waals surface area contributed by atoms with Crippen LogP contribution in [-0.2, 0) is 0 Å². The fourth-order valence-electron chi connectivity index (χ4n) is 2.38. The van der Waals surface area contributed by atoms with Crippen molar-refractivity contribution in [1.29, 1.82) is 0 Å². The van der Waals surface area contributed by atoms with Crippen molar-refractivity contribution in [3.8, 4) is 16.9 Å². The molecule has 1 heterocycles. The average Bonchev–Trinajstić information content (AvgIpc) is 2.48. The molecule has 0 radical (unpaired) electrons. The van der Waals surface area contributed by atoms with Gasteiger partial charge in [-0.15, -0.1) is 0 Å². The maximum Gasteiger partial charge on any atom is 0.204 e. The van der Waals surface area contributed by atoms with Crippen LogP contribution in [0.15, 0.2) is 58.3 Å². The van der Waals surface area contributed by atoms with E-state index in [1.54, 1.807) is 12.1 Å². The van der Waals surface area contributed by atoms with Crippen molar-refractivity contribution in [2.24, 2.45) is 0 Å². The SMILES string of the molecule is C=Cc1oc2cccc(O)c2c(=O)c1-c1ccc(C)cc1. The summed E-state index contributed by atoms with van der Waals surface area (Å²) >= 11 is 0. The molecule has 0 aliphatic rings. The van der Waals surface area contributed by atoms with Gasteiger partial charge in [0.15, 0.2) is 0 Å². The van der Waals surface area contributed by atoms with Crippen LogP contribution in [0.3, 0.4) is 0 Å². The summed E-state index contributed by atoms with van der Waals surface area (Å²) < 4.78 is 5.71. The van der Waals surface area contributed by atoms with Gasteiger partial charge in [0.05, 0.1) is 5.56 Å². The lowest BCUT2D eigenvalue weighted by Gasteiger charge is -2.08. The third-order valence-electron chi connectivity index (χ3n) is 3.45. The first-order chi connectivity index (χ1) is 10.1. The second-order valence-corrected chi connectivity index (χ2v) is 4.89. The molecule has 104 valence electrons. The Morgan fingerprint density at radius 3 is 2.52 bits per heavy atom. The first-order valence-corrected chi connectivity index (χ1v) is 6.60. The third-order valence-corrected chi connectivity index (χ3v) is 3.45. The summed E-state index contributed by atoms with van der Waals surface area (Å²) in [5, 5.41) is 10.1. The molecule has 3 aromatic rings. The van der Waals surface area contributed by atoms with E-state index < -0.39 is 0 Å². The van der Waals surface area contributed by atoms with Gasteiger partial charge in [-0.2, -0.15) is 0 Å². The Morgan fingerprint density at radius 2 is 1.86 bits per heavy atom. The fraction of sp³-hybridized carbons (Fsp3) is 0.0556. The van der Waals surface area contributed by atoms with Gasteiger partial charge >= 0.3 is 0 Å². The molecular formula is C18H14O3. The van der Waals surface area contributed by atoms with Crippen LogP contribution in [0.5, 0.6) is 5.75 Å². The van der Waals surface area contributed by atoms with E-state index in [2.05, 4.69) is 6.58 Å². The second kappa shape index (κ2) is 4.94. The quantitative estimate of drug-likeness (QED) is 0.767. The lowest BCUT2D eigenvalue weighted by molar-refractivity contribution is 0.479. The smallest absolute Gasteiger partial charge is 0.204 e. The van der Waals surface area contributed by atoms with Crippen LogP contribution in [0.1, 0.15) is 11.3 Å². The van der Waals surface area contributed by atoms with Crippen LogP contribution in [0.4, 0.5) is 0 Å². The minimum atomic E-state index is -0.256. The molecule has 0 unspecified atom stereocenters. The van der Waals surface area contributed by atoms with Gasteiger partial charge in [-0.1, -0.05) is 42.5 Å². The fourth-order valence-corrected chi connectivity index (χ4v) is 2.38. The number of aromatic hydroxyl groups is 1. The van der Waals surface area contributed by atoms with Crippen LogP contribution in [-0.4, -0.2) is 5.11 Å². The largest absolute Gasteiger partial charge is 0.507 e. The summed E-state index contributed by atoms with van der Waals surface area (Å²) in [7, 11) is 0. The van der Waals surface area contributed by atoms with Gasteiger partial charge in [0, 0.05) is 0 Å².